The smallest absolute Gasteiger partial charge is 0.297 e. The van der Waals surface area contributed by atoms with E-state index in [0.29, 0.717) is 12.3 Å². The molecule has 0 aliphatic carbocycles. The first-order valence-electron chi connectivity index (χ1n) is 16.2. The predicted molar refractivity (Wildman–Crippen MR) is 189 cm³/mol. The Balaban J connectivity index is 0.000000157. The molecule has 9 nitrogen and oxygen atoms in total. The molecule has 0 radical (unpaired) electrons. The summed E-state index contributed by atoms with van der Waals surface area (Å²) in [5, 5.41) is 0. The molecule has 246 valence electrons. The summed E-state index contributed by atoms with van der Waals surface area (Å²) < 4.78 is 47.1. The quantitative estimate of drug-likeness (QED) is 0.177. The highest BCUT2D eigenvalue weighted by Gasteiger charge is 2.27. The number of fused-ring (bicyclic) bond motifs is 10. The molecule has 5 aromatic carbocycles. The molecule has 0 amide bonds. The fourth-order valence-corrected chi connectivity index (χ4v) is 7.33. The summed E-state index contributed by atoms with van der Waals surface area (Å²) in [6.07, 6.45) is -0.356. The molecule has 2 unspecified atom stereocenters. The standard InChI is InChI=1S/C23H20N2O4S.C16H14N2O/c1-16-10-12-18(13-11-16)30(26,27)28-15-17-14-25-21-8-4-3-7-20(21)24-23(25)19-6-2-5-9-22(19)29-17;1-11-10-18-14-8-4-3-7-13(14)17-16(18)12-6-2-5-9-15(12)19-11/h2-13,17H,14-15H2,1H3;2-9,11H,10H2,1H3. The van der Waals surface area contributed by atoms with Crippen LogP contribution in [0.1, 0.15) is 12.5 Å². The van der Waals surface area contributed by atoms with E-state index in [1.807, 2.05) is 79.7 Å². The Labute approximate surface area is 284 Å². The lowest BCUT2D eigenvalue weighted by Gasteiger charge is -2.18. The Bertz CT molecular complexity index is 2420. The number of hydrogen-bond donors (Lipinski definition) is 0. The number of para-hydroxylation sites is 6. The van der Waals surface area contributed by atoms with Crippen LogP contribution >= 0.6 is 0 Å². The third-order valence-electron chi connectivity index (χ3n) is 8.73. The highest BCUT2D eigenvalue weighted by molar-refractivity contribution is 7.86. The number of rotatable bonds is 4. The summed E-state index contributed by atoms with van der Waals surface area (Å²) in [4.78, 5) is 9.68. The molecule has 9 rings (SSSR count). The van der Waals surface area contributed by atoms with Crippen LogP contribution in [0.4, 0.5) is 0 Å². The number of benzene rings is 5. The average Bonchev–Trinajstić information content (AvgIpc) is 3.56. The maximum absolute atomic E-state index is 12.6. The monoisotopic (exact) mass is 670 g/mol. The first kappa shape index (κ1) is 30.9. The van der Waals surface area contributed by atoms with E-state index in [1.54, 1.807) is 24.3 Å². The molecule has 4 heterocycles. The lowest BCUT2D eigenvalue weighted by molar-refractivity contribution is 0.121. The van der Waals surface area contributed by atoms with E-state index in [0.717, 1.165) is 57.2 Å². The second-order valence-electron chi connectivity index (χ2n) is 12.3. The van der Waals surface area contributed by atoms with Gasteiger partial charge < -0.3 is 18.6 Å². The molecule has 7 aromatic rings. The number of nitrogens with zero attached hydrogens (tertiary/aromatic N) is 4. The summed E-state index contributed by atoms with van der Waals surface area (Å²) >= 11 is 0. The molecule has 49 heavy (non-hydrogen) atoms. The summed E-state index contributed by atoms with van der Waals surface area (Å²) in [7, 11) is -3.88. The summed E-state index contributed by atoms with van der Waals surface area (Å²) in [6.45, 7) is 5.15. The lowest BCUT2D eigenvalue weighted by Crippen LogP contribution is -2.29. The second-order valence-corrected chi connectivity index (χ2v) is 13.9. The van der Waals surface area contributed by atoms with Gasteiger partial charge in [-0.1, -0.05) is 66.2 Å². The van der Waals surface area contributed by atoms with Gasteiger partial charge in [0.1, 0.15) is 42.0 Å². The summed E-state index contributed by atoms with van der Waals surface area (Å²) in [5.74, 6) is 3.38. The molecular weight excluding hydrogens is 637 g/mol. The van der Waals surface area contributed by atoms with Crippen molar-refractivity contribution >= 4 is 32.2 Å². The second kappa shape index (κ2) is 12.5. The van der Waals surface area contributed by atoms with Crippen molar-refractivity contribution in [1.29, 1.82) is 0 Å². The Morgan fingerprint density at radius 3 is 1.80 bits per heavy atom. The fourth-order valence-electron chi connectivity index (χ4n) is 6.40. The minimum Gasteiger partial charge on any atom is -0.488 e. The third-order valence-corrected chi connectivity index (χ3v) is 10.0. The van der Waals surface area contributed by atoms with E-state index in [1.165, 1.54) is 5.52 Å². The van der Waals surface area contributed by atoms with Gasteiger partial charge in [0, 0.05) is 0 Å². The topological polar surface area (TPSA) is 97.5 Å². The van der Waals surface area contributed by atoms with Crippen LogP contribution in [-0.2, 0) is 27.4 Å². The van der Waals surface area contributed by atoms with Crippen molar-refractivity contribution in [2.24, 2.45) is 0 Å². The summed E-state index contributed by atoms with van der Waals surface area (Å²) in [6, 6.07) is 38.5. The minimum atomic E-state index is -3.88. The molecule has 2 atom stereocenters. The first-order valence-corrected chi connectivity index (χ1v) is 17.6. The molecule has 0 bridgehead atoms. The van der Waals surface area contributed by atoms with Gasteiger partial charge in [-0.3, -0.25) is 4.18 Å². The van der Waals surface area contributed by atoms with E-state index in [2.05, 4.69) is 40.3 Å². The molecule has 0 spiro atoms. The SMILES string of the molecule is CC1Cn2c(nc3ccccc32)-c2ccccc2O1.Cc1ccc(S(=O)(=O)OCC2Cn3c(nc4ccccc43)-c3ccccc3O2)cc1. The zero-order valence-electron chi connectivity index (χ0n) is 27.1. The number of imidazole rings is 2. The van der Waals surface area contributed by atoms with Crippen molar-refractivity contribution in [2.45, 2.75) is 44.0 Å². The Morgan fingerprint density at radius 1 is 0.673 bits per heavy atom. The number of aromatic nitrogens is 4. The van der Waals surface area contributed by atoms with Gasteiger partial charge in [0.25, 0.3) is 10.1 Å². The maximum Gasteiger partial charge on any atom is 0.297 e. The summed E-state index contributed by atoms with van der Waals surface area (Å²) in [5.41, 5.74) is 7.00. The predicted octanol–water partition coefficient (Wildman–Crippen LogP) is 7.66. The third kappa shape index (κ3) is 5.94. The van der Waals surface area contributed by atoms with Crippen LogP contribution in [0.5, 0.6) is 11.5 Å². The van der Waals surface area contributed by atoms with Gasteiger partial charge in [-0.05, 0) is 74.5 Å². The van der Waals surface area contributed by atoms with Gasteiger partial charge in [-0.2, -0.15) is 8.42 Å². The van der Waals surface area contributed by atoms with Crippen molar-refractivity contribution < 1.29 is 22.1 Å². The van der Waals surface area contributed by atoms with Crippen molar-refractivity contribution in [3.63, 3.8) is 0 Å². The van der Waals surface area contributed by atoms with Gasteiger partial charge in [-0.15, -0.1) is 0 Å². The van der Waals surface area contributed by atoms with Gasteiger partial charge >= 0.3 is 0 Å². The molecule has 2 aliphatic heterocycles. The van der Waals surface area contributed by atoms with E-state index in [-0.39, 0.29) is 17.6 Å². The van der Waals surface area contributed by atoms with Crippen LogP contribution in [0.15, 0.2) is 126 Å². The maximum atomic E-state index is 12.6. The van der Waals surface area contributed by atoms with Crippen LogP contribution in [0.2, 0.25) is 0 Å². The van der Waals surface area contributed by atoms with Crippen molar-refractivity contribution in [1.82, 2.24) is 19.1 Å². The van der Waals surface area contributed by atoms with Crippen LogP contribution in [-0.4, -0.2) is 46.3 Å². The molecule has 2 aromatic heterocycles. The molecule has 10 heteroatoms. The van der Waals surface area contributed by atoms with E-state index in [4.69, 9.17) is 23.6 Å². The van der Waals surface area contributed by atoms with E-state index >= 15 is 0 Å². The zero-order chi connectivity index (χ0) is 33.5. The van der Waals surface area contributed by atoms with Crippen molar-refractivity contribution in [2.75, 3.05) is 6.61 Å². The van der Waals surface area contributed by atoms with Gasteiger partial charge in [0.2, 0.25) is 0 Å². The number of hydrogen-bond acceptors (Lipinski definition) is 7. The molecule has 0 saturated carbocycles. The van der Waals surface area contributed by atoms with Crippen LogP contribution in [0.3, 0.4) is 0 Å². The van der Waals surface area contributed by atoms with Gasteiger partial charge in [-0.25, -0.2) is 9.97 Å². The Hall–Kier alpha value is -5.45. The van der Waals surface area contributed by atoms with Crippen LogP contribution in [0, 0.1) is 6.92 Å². The number of aryl methyl sites for hydroxylation is 1. The first-order chi connectivity index (χ1) is 23.8. The largest absolute Gasteiger partial charge is 0.488 e. The molecular formula is C39H34N4O5S. The van der Waals surface area contributed by atoms with Gasteiger partial charge in [0.15, 0.2) is 0 Å². The van der Waals surface area contributed by atoms with Crippen LogP contribution < -0.4 is 9.47 Å². The van der Waals surface area contributed by atoms with Gasteiger partial charge in [0.05, 0.1) is 51.2 Å². The van der Waals surface area contributed by atoms with E-state index < -0.39 is 16.2 Å². The normalized spacial score (nSPS) is 16.4. The Kier molecular flexibility index (Phi) is 7.89. The zero-order valence-corrected chi connectivity index (χ0v) is 27.9. The minimum absolute atomic E-state index is 0.101. The van der Waals surface area contributed by atoms with E-state index in [9.17, 15) is 8.42 Å². The fraction of sp³-hybridized carbons (Fsp3) is 0.179. The van der Waals surface area contributed by atoms with Crippen molar-refractivity contribution in [3.05, 3.63) is 127 Å². The molecule has 0 fully saturated rings. The molecule has 0 N–H and O–H groups in total. The lowest BCUT2D eigenvalue weighted by atomic mass is 10.2. The highest BCUT2D eigenvalue weighted by atomic mass is 32.2. The molecule has 0 saturated heterocycles. The Morgan fingerprint density at radius 2 is 1.18 bits per heavy atom. The molecule has 2 aliphatic rings. The highest BCUT2D eigenvalue weighted by Crippen LogP contribution is 2.37. The van der Waals surface area contributed by atoms with Crippen LogP contribution in [0.25, 0.3) is 44.8 Å². The van der Waals surface area contributed by atoms with Crippen molar-refractivity contribution in [3.8, 4) is 34.3 Å². The average molecular weight is 671 g/mol. The number of ether oxygens (including phenoxy) is 2.